The second-order valence-corrected chi connectivity index (χ2v) is 7.33. The van der Waals surface area contributed by atoms with Crippen LogP contribution in [-0.4, -0.2) is 4.98 Å². The lowest BCUT2D eigenvalue weighted by Gasteiger charge is -2.07. The topological polar surface area (TPSA) is 35.3 Å². The summed E-state index contributed by atoms with van der Waals surface area (Å²) in [6.07, 6.45) is 0.930. The molecule has 0 bridgehead atoms. The fourth-order valence-corrected chi connectivity index (χ4v) is 2.98. The van der Waals surface area contributed by atoms with Gasteiger partial charge in [0.05, 0.1) is 0 Å². The van der Waals surface area contributed by atoms with Crippen LogP contribution in [0.1, 0.15) is 37.8 Å². The molecule has 0 aliphatic carbocycles. The molecule has 162 valence electrons. The minimum absolute atomic E-state index is 0.612. The minimum Gasteiger partial charge on any atom is -0.489 e. The van der Waals surface area contributed by atoms with Crippen molar-refractivity contribution in [3.63, 3.8) is 0 Å². The molecule has 0 aliphatic rings. The van der Waals surface area contributed by atoms with Crippen LogP contribution in [0.2, 0.25) is 5.02 Å². The Morgan fingerprint density at radius 1 is 0.968 bits per heavy atom. The average Bonchev–Trinajstić information content (AvgIpc) is 3.14. The monoisotopic (exact) mass is 435 g/mol. The van der Waals surface area contributed by atoms with Gasteiger partial charge in [0.15, 0.2) is 11.5 Å². The lowest BCUT2D eigenvalue weighted by atomic mass is 10.1. The summed E-state index contributed by atoms with van der Waals surface area (Å²) in [5, 5.41) is 0.686. The highest BCUT2D eigenvalue weighted by molar-refractivity contribution is 6.31. The molecule has 3 nitrogen and oxygen atoms in total. The highest BCUT2D eigenvalue weighted by atomic mass is 35.5. The van der Waals surface area contributed by atoms with E-state index in [1.807, 2.05) is 64.1 Å². The minimum atomic E-state index is 0.612. The fraction of sp³-hybridized carbons (Fsp3) is 0.222. The summed E-state index contributed by atoms with van der Waals surface area (Å²) in [5.41, 5.74) is 5.23. The van der Waals surface area contributed by atoms with Crippen LogP contribution in [0.5, 0.6) is 5.75 Å². The number of hydrogen-bond donors (Lipinski definition) is 0. The molecular weight excluding hydrogens is 406 g/mol. The van der Waals surface area contributed by atoms with Gasteiger partial charge in [-0.05, 0) is 54.8 Å². The van der Waals surface area contributed by atoms with Crippen molar-refractivity contribution in [1.82, 2.24) is 4.98 Å². The predicted octanol–water partition coefficient (Wildman–Crippen LogP) is 8.20. The predicted molar refractivity (Wildman–Crippen MR) is 131 cm³/mol. The van der Waals surface area contributed by atoms with Gasteiger partial charge in [-0.1, -0.05) is 80.1 Å². The molecule has 1 aromatic heterocycles. The van der Waals surface area contributed by atoms with Crippen molar-refractivity contribution in [3.8, 4) is 5.75 Å². The van der Waals surface area contributed by atoms with Crippen molar-refractivity contribution in [3.05, 3.63) is 107 Å². The number of aromatic nitrogens is 1. The van der Waals surface area contributed by atoms with Gasteiger partial charge < -0.3 is 9.15 Å². The lowest BCUT2D eigenvalue weighted by molar-refractivity contribution is 0.306. The molecule has 0 atom stereocenters. The molecule has 4 heteroatoms. The largest absolute Gasteiger partial charge is 0.489 e. The number of hydrogen-bond acceptors (Lipinski definition) is 3. The maximum atomic E-state index is 5.75. The van der Waals surface area contributed by atoms with Crippen molar-refractivity contribution in [2.75, 3.05) is 0 Å². The second-order valence-electron chi connectivity index (χ2n) is 6.90. The van der Waals surface area contributed by atoms with Crippen molar-refractivity contribution < 1.29 is 9.15 Å². The maximum absolute atomic E-state index is 5.75. The first-order valence-electron chi connectivity index (χ1n) is 10.4. The Balaban J connectivity index is 0.000000224. The lowest BCUT2D eigenvalue weighted by Crippen LogP contribution is -1.95. The molecule has 0 saturated carbocycles. The summed E-state index contributed by atoms with van der Waals surface area (Å²) in [6.45, 7) is 12.4. The van der Waals surface area contributed by atoms with E-state index < -0.39 is 0 Å². The molecule has 0 saturated heterocycles. The molecule has 4 aromatic rings. The van der Waals surface area contributed by atoms with Crippen LogP contribution >= 0.6 is 11.6 Å². The number of nitrogens with zero attached hydrogens (tertiary/aromatic N) is 1. The third-order valence-electron chi connectivity index (χ3n) is 4.13. The number of benzene rings is 3. The third kappa shape index (κ3) is 8.31. The van der Waals surface area contributed by atoms with E-state index in [0.717, 1.165) is 23.3 Å². The molecule has 0 radical (unpaired) electrons. The van der Waals surface area contributed by atoms with Crippen LogP contribution in [0, 0.1) is 6.92 Å². The van der Waals surface area contributed by atoms with Crippen LogP contribution in [0.25, 0.3) is 11.1 Å². The van der Waals surface area contributed by atoms with Crippen LogP contribution in [0.3, 0.4) is 0 Å². The van der Waals surface area contributed by atoms with Crippen molar-refractivity contribution in [2.45, 2.75) is 40.7 Å². The molecule has 0 N–H and O–H groups in total. The third-order valence-corrected chi connectivity index (χ3v) is 4.37. The quantitative estimate of drug-likeness (QED) is 0.296. The van der Waals surface area contributed by atoms with E-state index in [1.165, 1.54) is 16.7 Å². The summed E-state index contributed by atoms with van der Waals surface area (Å²) in [6, 6.07) is 23.8. The van der Waals surface area contributed by atoms with E-state index >= 15 is 0 Å². The Labute approximate surface area is 190 Å². The smallest absolute Gasteiger partial charge is 0.192 e. The van der Waals surface area contributed by atoms with Gasteiger partial charge in [-0.2, -0.15) is 0 Å². The SMILES string of the molecule is C=C(C)Cc1ccc(OCc2ccccc2)cc1.CC.Cc1nc2cc(Cl)ccc2o1. The number of allylic oxidation sites excluding steroid dienone is 1. The normalized spacial score (nSPS) is 9.84. The van der Waals surface area contributed by atoms with E-state index in [4.69, 9.17) is 20.8 Å². The number of oxazole rings is 1. The Hall–Kier alpha value is -3.04. The van der Waals surface area contributed by atoms with Crippen molar-refractivity contribution in [1.29, 1.82) is 0 Å². The summed E-state index contributed by atoms with van der Waals surface area (Å²) in [5.74, 6) is 1.58. The highest BCUT2D eigenvalue weighted by Crippen LogP contribution is 2.19. The second kappa shape index (κ2) is 12.6. The average molecular weight is 436 g/mol. The Bertz CT molecular complexity index is 1070. The Morgan fingerprint density at radius 3 is 2.29 bits per heavy atom. The van der Waals surface area contributed by atoms with Crippen molar-refractivity contribution >= 4 is 22.7 Å². The Morgan fingerprint density at radius 2 is 1.65 bits per heavy atom. The van der Waals surface area contributed by atoms with Gasteiger partial charge >= 0.3 is 0 Å². The zero-order valence-corrected chi connectivity index (χ0v) is 19.4. The molecule has 0 aliphatic heterocycles. The van der Waals surface area contributed by atoms with E-state index in [2.05, 4.69) is 35.8 Å². The van der Waals surface area contributed by atoms with Gasteiger partial charge in [-0.25, -0.2) is 4.98 Å². The zero-order chi connectivity index (χ0) is 22.6. The summed E-state index contributed by atoms with van der Waals surface area (Å²) in [4.78, 5) is 4.12. The summed E-state index contributed by atoms with van der Waals surface area (Å²) in [7, 11) is 0. The molecule has 3 aromatic carbocycles. The van der Waals surface area contributed by atoms with Gasteiger partial charge in [0, 0.05) is 11.9 Å². The van der Waals surface area contributed by atoms with Gasteiger partial charge in [0.25, 0.3) is 0 Å². The maximum Gasteiger partial charge on any atom is 0.192 e. The van der Waals surface area contributed by atoms with E-state index in [-0.39, 0.29) is 0 Å². The van der Waals surface area contributed by atoms with E-state index in [9.17, 15) is 0 Å². The van der Waals surface area contributed by atoms with Crippen LogP contribution in [0.4, 0.5) is 0 Å². The van der Waals surface area contributed by atoms with Crippen molar-refractivity contribution in [2.24, 2.45) is 0 Å². The summed E-state index contributed by atoms with van der Waals surface area (Å²) < 4.78 is 11.0. The highest BCUT2D eigenvalue weighted by Gasteiger charge is 2.00. The molecule has 0 fully saturated rings. The Kier molecular flexibility index (Phi) is 9.86. The van der Waals surface area contributed by atoms with Crippen LogP contribution < -0.4 is 4.74 Å². The number of rotatable bonds is 5. The van der Waals surface area contributed by atoms with Crippen LogP contribution in [0.15, 0.2) is 89.4 Å². The molecule has 0 spiro atoms. The first-order chi connectivity index (χ1) is 15.0. The van der Waals surface area contributed by atoms with Crippen LogP contribution in [-0.2, 0) is 13.0 Å². The first kappa shape index (κ1) is 24.2. The number of halogens is 1. The number of aryl methyl sites for hydroxylation is 1. The van der Waals surface area contributed by atoms with E-state index in [0.29, 0.717) is 17.5 Å². The van der Waals surface area contributed by atoms with E-state index in [1.54, 1.807) is 12.1 Å². The molecule has 4 rings (SSSR count). The zero-order valence-electron chi connectivity index (χ0n) is 18.7. The molecule has 31 heavy (non-hydrogen) atoms. The van der Waals surface area contributed by atoms with Gasteiger partial charge in [0.1, 0.15) is 17.9 Å². The number of fused-ring (bicyclic) bond motifs is 1. The molecule has 0 unspecified atom stereocenters. The van der Waals surface area contributed by atoms with Gasteiger partial charge in [-0.15, -0.1) is 0 Å². The molecular formula is C27H30ClNO2. The number of ether oxygens (including phenoxy) is 1. The molecule has 0 amide bonds. The van der Waals surface area contributed by atoms with Gasteiger partial charge in [0.2, 0.25) is 0 Å². The standard InChI is InChI=1S/C17H18O.C8H6ClNO.C2H6/c1-14(2)12-15-8-10-17(11-9-15)18-13-16-6-4-3-5-7-16;1-5-10-7-4-6(9)2-3-8(7)11-5;1-2/h3-11H,1,12-13H2,2H3;2-4H,1H3;1-2H3. The van der Waals surface area contributed by atoms with Gasteiger partial charge in [-0.3, -0.25) is 0 Å². The fourth-order valence-electron chi connectivity index (χ4n) is 2.81. The summed E-state index contributed by atoms with van der Waals surface area (Å²) >= 11 is 5.75. The molecule has 1 heterocycles. The first-order valence-corrected chi connectivity index (χ1v) is 10.8.